The zero-order valence-electron chi connectivity index (χ0n) is 16.8. The van der Waals surface area contributed by atoms with Crippen molar-refractivity contribution in [2.24, 2.45) is 4.99 Å². The first-order chi connectivity index (χ1) is 14.0. The van der Waals surface area contributed by atoms with Crippen LogP contribution in [0.15, 0.2) is 47.5 Å². The van der Waals surface area contributed by atoms with Crippen molar-refractivity contribution in [2.45, 2.75) is 26.3 Å². The number of aryl methyl sites for hydroxylation is 2. The molecule has 1 heterocycles. The van der Waals surface area contributed by atoms with Gasteiger partial charge in [-0.3, -0.25) is 4.79 Å². The molecule has 5 nitrogen and oxygen atoms in total. The second kappa shape index (κ2) is 9.89. The fraction of sp³-hybridized carbons (Fsp3) is 0.318. The van der Waals surface area contributed by atoms with E-state index in [1.165, 1.54) is 24.0 Å². The number of thioether (sulfide) groups is 1. The highest BCUT2D eigenvalue weighted by molar-refractivity contribution is 7.98. The quantitative estimate of drug-likeness (QED) is 0.532. The average molecular weight is 429 g/mol. The molecule has 0 spiro atoms. The molecule has 1 amide bonds. The molecule has 2 aromatic carbocycles. The lowest BCUT2D eigenvalue weighted by Gasteiger charge is -2.05. The Bertz CT molecular complexity index is 1080. The molecule has 0 N–H and O–H groups in total. The molecule has 0 aliphatic heterocycles. The number of benzene rings is 2. The van der Waals surface area contributed by atoms with Crippen molar-refractivity contribution in [2.75, 3.05) is 19.1 Å². The lowest BCUT2D eigenvalue weighted by atomic mass is 10.1. The third-order valence-corrected chi connectivity index (χ3v) is 6.26. The van der Waals surface area contributed by atoms with Crippen molar-refractivity contribution >= 4 is 45.2 Å². The molecule has 0 aliphatic carbocycles. The minimum absolute atomic E-state index is 0.174. The fourth-order valence-electron chi connectivity index (χ4n) is 3.02. The SMILES string of the molecule is CCc1ccc(CC(=O)N=c2sc3cc(C(=O)OC)ccc3n2CCSC)cc1. The Balaban J connectivity index is 1.96. The van der Waals surface area contributed by atoms with E-state index < -0.39 is 0 Å². The zero-order chi connectivity index (χ0) is 20.8. The maximum atomic E-state index is 12.6. The van der Waals surface area contributed by atoms with E-state index in [0.717, 1.165) is 34.5 Å². The molecule has 0 saturated carbocycles. The molecule has 0 aliphatic rings. The summed E-state index contributed by atoms with van der Waals surface area (Å²) in [5, 5.41) is 0. The molecule has 0 unspecified atom stereocenters. The van der Waals surface area contributed by atoms with E-state index in [1.807, 2.05) is 24.5 Å². The number of methoxy groups -OCH3 is 1. The summed E-state index contributed by atoms with van der Waals surface area (Å²) >= 11 is 3.16. The first-order valence-electron chi connectivity index (χ1n) is 9.41. The molecule has 1 aromatic heterocycles. The maximum Gasteiger partial charge on any atom is 0.337 e. The van der Waals surface area contributed by atoms with Gasteiger partial charge in [0.2, 0.25) is 0 Å². The number of hydrogen-bond donors (Lipinski definition) is 0. The van der Waals surface area contributed by atoms with Gasteiger partial charge in [-0.05, 0) is 42.0 Å². The van der Waals surface area contributed by atoms with Crippen molar-refractivity contribution in [1.29, 1.82) is 0 Å². The molecule has 0 saturated heterocycles. The van der Waals surface area contributed by atoms with Crippen LogP contribution in [0, 0.1) is 0 Å². The fourth-order valence-corrected chi connectivity index (χ4v) is 4.49. The molecule has 0 radical (unpaired) electrons. The Hall–Kier alpha value is -2.38. The van der Waals surface area contributed by atoms with Gasteiger partial charge in [0.25, 0.3) is 5.91 Å². The largest absolute Gasteiger partial charge is 0.465 e. The predicted octanol–water partition coefficient (Wildman–Crippen LogP) is 4.08. The molecule has 152 valence electrons. The van der Waals surface area contributed by atoms with Crippen molar-refractivity contribution in [3.05, 3.63) is 64.0 Å². The zero-order valence-corrected chi connectivity index (χ0v) is 18.4. The van der Waals surface area contributed by atoms with Crippen LogP contribution in [0.3, 0.4) is 0 Å². The van der Waals surface area contributed by atoms with E-state index in [-0.39, 0.29) is 18.3 Å². The maximum absolute atomic E-state index is 12.6. The number of aromatic nitrogens is 1. The lowest BCUT2D eigenvalue weighted by Crippen LogP contribution is -2.18. The smallest absolute Gasteiger partial charge is 0.337 e. The van der Waals surface area contributed by atoms with Crippen LogP contribution in [-0.4, -0.2) is 35.6 Å². The van der Waals surface area contributed by atoms with Gasteiger partial charge >= 0.3 is 5.97 Å². The van der Waals surface area contributed by atoms with Gasteiger partial charge in [0, 0.05) is 12.3 Å². The molecule has 0 bridgehead atoms. The number of ether oxygens (including phenoxy) is 1. The van der Waals surface area contributed by atoms with E-state index in [2.05, 4.69) is 28.6 Å². The van der Waals surface area contributed by atoms with Crippen LogP contribution in [0.1, 0.15) is 28.4 Å². The Morgan fingerprint density at radius 3 is 2.52 bits per heavy atom. The van der Waals surface area contributed by atoms with Gasteiger partial charge in [0.15, 0.2) is 4.80 Å². The topological polar surface area (TPSA) is 60.7 Å². The summed E-state index contributed by atoms with van der Waals surface area (Å²) in [7, 11) is 1.37. The minimum Gasteiger partial charge on any atom is -0.465 e. The first kappa shape index (κ1) is 21.3. The highest BCUT2D eigenvalue weighted by Crippen LogP contribution is 2.20. The van der Waals surface area contributed by atoms with Crippen LogP contribution >= 0.6 is 23.1 Å². The van der Waals surface area contributed by atoms with Gasteiger partial charge in [-0.25, -0.2) is 4.79 Å². The summed E-state index contributed by atoms with van der Waals surface area (Å²) in [6, 6.07) is 13.5. The Morgan fingerprint density at radius 1 is 1.14 bits per heavy atom. The third kappa shape index (κ3) is 5.16. The summed E-state index contributed by atoms with van der Waals surface area (Å²) < 4.78 is 7.77. The molecule has 0 fully saturated rings. The number of esters is 1. The monoisotopic (exact) mass is 428 g/mol. The van der Waals surface area contributed by atoms with Gasteiger partial charge in [-0.1, -0.05) is 42.5 Å². The Morgan fingerprint density at radius 2 is 1.86 bits per heavy atom. The number of thiazole rings is 1. The summed E-state index contributed by atoms with van der Waals surface area (Å²) in [6.45, 7) is 2.85. The molecule has 0 atom stereocenters. The summed E-state index contributed by atoms with van der Waals surface area (Å²) in [5.74, 6) is 0.359. The molecule has 29 heavy (non-hydrogen) atoms. The van der Waals surface area contributed by atoms with Crippen LogP contribution in [0.5, 0.6) is 0 Å². The predicted molar refractivity (Wildman–Crippen MR) is 120 cm³/mol. The van der Waals surface area contributed by atoms with E-state index in [9.17, 15) is 9.59 Å². The third-order valence-electron chi connectivity index (χ3n) is 4.63. The van der Waals surface area contributed by atoms with Crippen molar-refractivity contribution in [3.63, 3.8) is 0 Å². The van der Waals surface area contributed by atoms with Gasteiger partial charge in [-0.15, -0.1) is 0 Å². The molecule has 3 aromatic rings. The molecule has 7 heteroatoms. The van der Waals surface area contributed by atoms with E-state index in [0.29, 0.717) is 10.4 Å². The van der Waals surface area contributed by atoms with E-state index in [1.54, 1.807) is 23.9 Å². The van der Waals surface area contributed by atoms with E-state index in [4.69, 9.17) is 4.74 Å². The summed E-state index contributed by atoms with van der Waals surface area (Å²) in [6.07, 6.45) is 3.30. The normalized spacial score (nSPS) is 11.8. The number of rotatable bonds is 7. The number of fused-ring (bicyclic) bond motifs is 1. The van der Waals surface area contributed by atoms with Gasteiger partial charge in [-0.2, -0.15) is 16.8 Å². The second-order valence-corrected chi connectivity index (χ2v) is 8.55. The van der Waals surface area contributed by atoms with Crippen LogP contribution in [-0.2, 0) is 28.9 Å². The minimum atomic E-state index is -0.374. The number of carbonyl (C=O) groups excluding carboxylic acids is 2. The molecular weight excluding hydrogens is 404 g/mol. The summed E-state index contributed by atoms with van der Waals surface area (Å²) in [5.41, 5.74) is 3.67. The van der Waals surface area contributed by atoms with Crippen LogP contribution in [0.2, 0.25) is 0 Å². The van der Waals surface area contributed by atoms with Crippen LogP contribution in [0.25, 0.3) is 10.2 Å². The number of carbonyl (C=O) groups is 2. The standard InChI is InChI=1S/C22H24N2O3S2/c1-4-15-5-7-16(8-6-15)13-20(25)23-22-24(11-12-28-3)18-10-9-17(21(26)27-2)14-19(18)29-22/h5-10,14H,4,11-13H2,1-3H3. The van der Waals surface area contributed by atoms with Gasteiger partial charge in [0.1, 0.15) is 0 Å². The van der Waals surface area contributed by atoms with Crippen LogP contribution in [0.4, 0.5) is 0 Å². The average Bonchev–Trinajstić information content (AvgIpc) is 3.07. The first-order valence-corrected chi connectivity index (χ1v) is 11.6. The number of hydrogen-bond acceptors (Lipinski definition) is 5. The van der Waals surface area contributed by atoms with Gasteiger partial charge < -0.3 is 9.30 Å². The Kier molecular flexibility index (Phi) is 7.28. The molecule has 3 rings (SSSR count). The van der Waals surface area contributed by atoms with Crippen molar-refractivity contribution < 1.29 is 14.3 Å². The highest BCUT2D eigenvalue weighted by atomic mass is 32.2. The van der Waals surface area contributed by atoms with Crippen molar-refractivity contribution in [3.8, 4) is 0 Å². The highest BCUT2D eigenvalue weighted by Gasteiger charge is 2.12. The Labute approximate surface area is 178 Å². The number of nitrogens with zero attached hydrogens (tertiary/aromatic N) is 2. The summed E-state index contributed by atoms with van der Waals surface area (Å²) in [4.78, 5) is 29.5. The second-order valence-electron chi connectivity index (χ2n) is 6.56. The molecular formula is C22H24N2O3S2. The lowest BCUT2D eigenvalue weighted by molar-refractivity contribution is -0.117. The van der Waals surface area contributed by atoms with Gasteiger partial charge in [0.05, 0.1) is 29.3 Å². The van der Waals surface area contributed by atoms with Crippen LogP contribution < -0.4 is 4.80 Å². The van der Waals surface area contributed by atoms with Crippen molar-refractivity contribution in [1.82, 2.24) is 4.57 Å². The van der Waals surface area contributed by atoms with E-state index >= 15 is 0 Å². The number of amides is 1.